The van der Waals surface area contributed by atoms with Crippen molar-refractivity contribution >= 4 is 28.6 Å². The number of phenolic OH excluding ortho intramolecular Hbond substituents is 1. The van der Waals surface area contributed by atoms with E-state index in [9.17, 15) is 9.90 Å². The summed E-state index contributed by atoms with van der Waals surface area (Å²) in [6.07, 6.45) is 0. The molecule has 0 saturated carbocycles. The fraction of sp³-hybridized carbons (Fsp3) is 0.250. The zero-order valence-electron chi connectivity index (χ0n) is 11.9. The van der Waals surface area contributed by atoms with Crippen molar-refractivity contribution in [2.24, 2.45) is 4.99 Å². The number of likely N-dealkylation sites (N-methyl/N-ethyl adjacent to an activating group) is 1. The van der Waals surface area contributed by atoms with E-state index in [4.69, 9.17) is 0 Å². The Morgan fingerprint density at radius 2 is 2.19 bits per heavy atom. The molecule has 1 atom stereocenters. The van der Waals surface area contributed by atoms with E-state index >= 15 is 0 Å². The third-order valence-corrected chi connectivity index (χ3v) is 4.42. The van der Waals surface area contributed by atoms with E-state index in [2.05, 4.69) is 4.99 Å². The van der Waals surface area contributed by atoms with Gasteiger partial charge < -0.3 is 10.0 Å². The van der Waals surface area contributed by atoms with Gasteiger partial charge in [0.25, 0.3) is 5.91 Å². The maximum Gasteiger partial charge on any atom is 0.251 e. The first-order valence-electron chi connectivity index (χ1n) is 6.88. The number of anilines is 1. The highest BCUT2D eigenvalue weighted by Crippen LogP contribution is 2.32. The second-order valence-electron chi connectivity index (χ2n) is 4.91. The van der Waals surface area contributed by atoms with Gasteiger partial charge in [-0.05, 0) is 43.5 Å². The average Bonchev–Trinajstić information content (AvgIpc) is 2.97. The number of hydrogen-bond donors (Lipinski definition) is 1. The maximum absolute atomic E-state index is 12.5. The van der Waals surface area contributed by atoms with Crippen LogP contribution in [0.4, 0.5) is 5.69 Å². The van der Waals surface area contributed by atoms with Gasteiger partial charge in [0.1, 0.15) is 11.8 Å². The van der Waals surface area contributed by atoms with E-state index in [0.29, 0.717) is 6.54 Å². The molecule has 0 aliphatic carbocycles. The molecule has 2 heterocycles. The third kappa shape index (κ3) is 2.34. The molecule has 108 valence electrons. The number of aliphatic imine (C=N–C) groups is 1. The van der Waals surface area contributed by atoms with Gasteiger partial charge in [-0.15, -0.1) is 11.3 Å². The van der Waals surface area contributed by atoms with Gasteiger partial charge in [0.15, 0.2) is 0 Å². The Morgan fingerprint density at radius 3 is 2.86 bits per heavy atom. The molecule has 0 unspecified atom stereocenters. The number of phenols is 1. The average molecular weight is 300 g/mol. The number of benzene rings is 1. The molecule has 5 heteroatoms. The lowest BCUT2D eigenvalue weighted by Crippen LogP contribution is -2.36. The number of carbonyl (C=O) groups excluding carboxylic acids is 1. The fourth-order valence-electron chi connectivity index (χ4n) is 2.55. The maximum atomic E-state index is 12.5. The molecular weight excluding hydrogens is 284 g/mol. The third-order valence-electron chi connectivity index (χ3n) is 3.54. The largest absolute Gasteiger partial charge is 0.508 e. The predicted octanol–water partition coefficient (Wildman–Crippen LogP) is 3.05. The van der Waals surface area contributed by atoms with E-state index in [0.717, 1.165) is 21.8 Å². The zero-order valence-corrected chi connectivity index (χ0v) is 12.7. The Bertz CT molecular complexity index is 707. The quantitative estimate of drug-likeness (QED) is 0.926. The summed E-state index contributed by atoms with van der Waals surface area (Å²) in [5.41, 5.74) is 2.38. The number of aromatic hydroxyl groups is 1. The van der Waals surface area contributed by atoms with E-state index in [1.165, 1.54) is 0 Å². The molecule has 1 aliphatic heterocycles. The number of amides is 1. The Kier molecular flexibility index (Phi) is 3.51. The van der Waals surface area contributed by atoms with E-state index < -0.39 is 6.04 Å². The van der Waals surface area contributed by atoms with E-state index in [-0.39, 0.29) is 11.7 Å². The highest BCUT2D eigenvalue weighted by Gasteiger charge is 2.29. The van der Waals surface area contributed by atoms with Gasteiger partial charge in [-0.1, -0.05) is 6.07 Å². The Morgan fingerprint density at radius 1 is 1.38 bits per heavy atom. The van der Waals surface area contributed by atoms with Crippen LogP contribution in [0.3, 0.4) is 0 Å². The number of fused-ring (bicyclic) bond motifs is 1. The van der Waals surface area contributed by atoms with Crippen molar-refractivity contribution in [1.82, 2.24) is 0 Å². The molecule has 1 aromatic carbocycles. The van der Waals surface area contributed by atoms with Gasteiger partial charge in [-0.3, -0.25) is 9.79 Å². The predicted molar refractivity (Wildman–Crippen MR) is 85.6 cm³/mol. The molecule has 1 N–H and O–H groups in total. The van der Waals surface area contributed by atoms with Crippen LogP contribution in [0.15, 0.2) is 40.7 Å². The number of nitrogens with zero attached hydrogens (tertiary/aromatic N) is 2. The van der Waals surface area contributed by atoms with Gasteiger partial charge in [0.05, 0.1) is 16.3 Å². The number of thiophene rings is 1. The highest BCUT2D eigenvalue weighted by molar-refractivity contribution is 7.12. The van der Waals surface area contributed by atoms with Crippen LogP contribution < -0.4 is 4.90 Å². The molecule has 3 rings (SSSR count). The fourth-order valence-corrected chi connectivity index (χ4v) is 3.28. The van der Waals surface area contributed by atoms with Crippen molar-refractivity contribution in [3.05, 3.63) is 46.2 Å². The second kappa shape index (κ2) is 5.33. The summed E-state index contributed by atoms with van der Waals surface area (Å²) >= 11 is 1.58. The van der Waals surface area contributed by atoms with E-state index in [1.54, 1.807) is 34.4 Å². The van der Waals surface area contributed by atoms with Crippen LogP contribution in [0, 0.1) is 0 Å². The number of benzodiazepines with no additional fused rings is 1. The van der Waals surface area contributed by atoms with Gasteiger partial charge in [0.2, 0.25) is 0 Å². The zero-order chi connectivity index (χ0) is 15.0. The van der Waals surface area contributed by atoms with Crippen molar-refractivity contribution in [3.8, 4) is 5.75 Å². The lowest BCUT2D eigenvalue weighted by Gasteiger charge is -2.22. The van der Waals surface area contributed by atoms with Crippen molar-refractivity contribution in [2.45, 2.75) is 19.9 Å². The number of rotatable bonds is 2. The Labute approximate surface area is 127 Å². The van der Waals surface area contributed by atoms with Crippen LogP contribution in [0.1, 0.15) is 24.3 Å². The lowest BCUT2D eigenvalue weighted by atomic mass is 10.1. The first-order chi connectivity index (χ1) is 10.1. The van der Waals surface area contributed by atoms with Gasteiger partial charge in [0, 0.05) is 12.1 Å². The minimum Gasteiger partial charge on any atom is -0.508 e. The monoisotopic (exact) mass is 300 g/mol. The summed E-state index contributed by atoms with van der Waals surface area (Å²) in [6, 6.07) is 8.58. The van der Waals surface area contributed by atoms with Crippen LogP contribution >= 0.6 is 11.3 Å². The molecule has 0 saturated heterocycles. The van der Waals surface area contributed by atoms with Crippen LogP contribution in [-0.4, -0.2) is 29.3 Å². The normalized spacial score (nSPS) is 18.2. The first-order valence-corrected chi connectivity index (χ1v) is 7.76. The van der Waals surface area contributed by atoms with Crippen LogP contribution in [-0.2, 0) is 4.79 Å². The van der Waals surface area contributed by atoms with Gasteiger partial charge >= 0.3 is 0 Å². The first kappa shape index (κ1) is 13.8. The molecule has 1 amide bonds. The molecule has 0 fully saturated rings. The van der Waals surface area contributed by atoms with Crippen LogP contribution in [0.5, 0.6) is 5.75 Å². The summed E-state index contributed by atoms with van der Waals surface area (Å²) in [7, 11) is 0. The summed E-state index contributed by atoms with van der Waals surface area (Å²) in [6.45, 7) is 4.33. The summed E-state index contributed by atoms with van der Waals surface area (Å²) < 4.78 is 0. The number of hydrogen-bond acceptors (Lipinski definition) is 4. The van der Waals surface area contributed by atoms with Crippen molar-refractivity contribution < 1.29 is 9.90 Å². The summed E-state index contributed by atoms with van der Waals surface area (Å²) in [5.74, 6) is 0.159. The molecule has 0 radical (unpaired) electrons. The number of carbonyl (C=O) groups is 1. The highest BCUT2D eigenvalue weighted by atomic mass is 32.1. The van der Waals surface area contributed by atoms with Crippen LogP contribution in [0.2, 0.25) is 0 Å². The molecule has 1 aliphatic rings. The Hall–Kier alpha value is -2.14. The Balaban J connectivity index is 2.27. The molecule has 4 nitrogen and oxygen atoms in total. The molecule has 21 heavy (non-hydrogen) atoms. The molecule has 1 aromatic heterocycles. The molecule has 0 spiro atoms. The van der Waals surface area contributed by atoms with Crippen molar-refractivity contribution in [2.75, 3.05) is 11.4 Å². The molecule has 0 bridgehead atoms. The lowest BCUT2D eigenvalue weighted by molar-refractivity contribution is -0.119. The van der Waals surface area contributed by atoms with E-state index in [1.807, 2.05) is 31.4 Å². The standard InChI is InChI=1S/C16H16N2O2S/c1-3-18-13-7-6-11(19)9-12(13)15(14-5-4-8-21-14)17-10(2)16(18)20/h4-10,19H,3H2,1-2H3/t10-/m0/s1. The van der Waals surface area contributed by atoms with Gasteiger partial charge in [-0.2, -0.15) is 0 Å². The van der Waals surface area contributed by atoms with Gasteiger partial charge in [-0.25, -0.2) is 0 Å². The molecular formula is C16H16N2O2S. The van der Waals surface area contributed by atoms with Crippen molar-refractivity contribution in [1.29, 1.82) is 0 Å². The van der Waals surface area contributed by atoms with Crippen LogP contribution in [0.25, 0.3) is 0 Å². The second-order valence-corrected chi connectivity index (χ2v) is 5.86. The molecule has 2 aromatic rings. The topological polar surface area (TPSA) is 52.9 Å². The minimum atomic E-state index is -0.434. The van der Waals surface area contributed by atoms with Crippen molar-refractivity contribution in [3.63, 3.8) is 0 Å². The minimum absolute atomic E-state index is 0.0176. The summed E-state index contributed by atoms with van der Waals surface area (Å²) in [4.78, 5) is 19.8. The summed E-state index contributed by atoms with van der Waals surface area (Å²) in [5, 5.41) is 11.8. The smallest absolute Gasteiger partial charge is 0.251 e. The SMILES string of the molecule is CCN1C(=O)[C@H](C)N=C(c2cccs2)c2cc(O)ccc21.